The van der Waals surface area contributed by atoms with Gasteiger partial charge < -0.3 is 11.5 Å². The van der Waals surface area contributed by atoms with Gasteiger partial charge in [0, 0.05) is 0 Å². The van der Waals surface area contributed by atoms with Gasteiger partial charge in [0.05, 0.1) is 11.3 Å². The molecule has 0 spiro atoms. The minimum absolute atomic E-state index is 0.524. The first-order chi connectivity index (χ1) is 6.39. The Hall–Kier alpha value is -1.58. The summed E-state index contributed by atoms with van der Waals surface area (Å²) in [5, 5.41) is 0. The van der Waals surface area contributed by atoms with Gasteiger partial charge in [0.2, 0.25) is 11.8 Å². The second-order valence-electron chi connectivity index (χ2n) is 3.75. The summed E-state index contributed by atoms with van der Waals surface area (Å²) in [6.45, 7) is 3.39. The largest absolute Gasteiger partial charge is 0.369 e. The van der Waals surface area contributed by atoms with E-state index in [9.17, 15) is 9.59 Å². The molecule has 1 rings (SSSR count). The number of hydrogen-bond donors (Lipinski definition) is 2. The molecule has 0 aliphatic heterocycles. The number of carbonyl (C=O) groups is 2. The molecule has 76 valence electrons. The van der Waals surface area contributed by atoms with Crippen LogP contribution in [0.15, 0.2) is 23.8 Å². The number of allylic oxidation sites excluding steroid dienone is 2. The highest BCUT2D eigenvalue weighted by Crippen LogP contribution is 2.36. The standard InChI is InChI=1S/C10H14N2O2/c1-6-4-3-5-10(2,9(12)14)7(6)8(11)13/h3-5,7H,1-2H3,(H2,11,13)(H2,12,14). The normalized spacial score (nSPS) is 31.0. The monoisotopic (exact) mass is 194 g/mol. The molecule has 0 saturated heterocycles. The van der Waals surface area contributed by atoms with Crippen LogP contribution in [0, 0.1) is 11.3 Å². The maximum absolute atomic E-state index is 11.3. The Bertz CT molecular complexity index is 344. The summed E-state index contributed by atoms with van der Waals surface area (Å²) in [6, 6.07) is 0. The van der Waals surface area contributed by atoms with Gasteiger partial charge in [-0.05, 0) is 13.8 Å². The molecule has 14 heavy (non-hydrogen) atoms. The first-order valence-corrected chi connectivity index (χ1v) is 4.35. The van der Waals surface area contributed by atoms with Crippen LogP contribution in [-0.4, -0.2) is 11.8 Å². The predicted octanol–water partition coefficient (Wildman–Crippen LogP) is 0.0956. The molecule has 1 aliphatic rings. The van der Waals surface area contributed by atoms with E-state index in [-0.39, 0.29) is 0 Å². The van der Waals surface area contributed by atoms with E-state index in [2.05, 4.69) is 0 Å². The van der Waals surface area contributed by atoms with Gasteiger partial charge in [-0.2, -0.15) is 0 Å². The molecular weight excluding hydrogens is 180 g/mol. The maximum Gasteiger partial charge on any atom is 0.228 e. The van der Waals surface area contributed by atoms with E-state index in [4.69, 9.17) is 11.5 Å². The van der Waals surface area contributed by atoms with Crippen LogP contribution in [0.1, 0.15) is 13.8 Å². The highest BCUT2D eigenvalue weighted by molar-refractivity contribution is 5.92. The second kappa shape index (κ2) is 3.29. The lowest BCUT2D eigenvalue weighted by atomic mass is 9.70. The lowest BCUT2D eigenvalue weighted by Gasteiger charge is -2.32. The smallest absolute Gasteiger partial charge is 0.228 e. The first kappa shape index (κ1) is 10.5. The van der Waals surface area contributed by atoms with Crippen LogP contribution >= 0.6 is 0 Å². The average Bonchev–Trinajstić information content (AvgIpc) is 2.02. The van der Waals surface area contributed by atoms with Crippen LogP contribution in [0.3, 0.4) is 0 Å². The zero-order valence-corrected chi connectivity index (χ0v) is 8.28. The topological polar surface area (TPSA) is 86.2 Å². The van der Waals surface area contributed by atoms with E-state index in [0.717, 1.165) is 5.57 Å². The Morgan fingerprint density at radius 2 is 2.00 bits per heavy atom. The van der Waals surface area contributed by atoms with E-state index < -0.39 is 23.1 Å². The molecule has 4 N–H and O–H groups in total. The van der Waals surface area contributed by atoms with Gasteiger partial charge in [-0.25, -0.2) is 0 Å². The Morgan fingerprint density at radius 1 is 1.43 bits per heavy atom. The Kier molecular flexibility index (Phi) is 2.47. The second-order valence-corrected chi connectivity index (χ2v) is 3.75. The Morgan fingerprint density at radius 3 is 2.36 bits per heavy atom. The third-order valence-electron chi connectivity index (χ3n) is 2.67. The fourth-order valence-electron chi connectivity index (χ4n) is 1.81. The third-order valence-corrected chi connectivity index (χ3v) is 2.67. The van der Waals surface area contributed by atoms with Gasteiger partial charge in [0.25, 0.3) is 0 Å². The van der Waals surface area contributed by atoms with E-state index in [0.29, 0.717) is 0 Å². The van der Waals surface area contributed by atoms with Gasteiger partial charge in [-0.3, -0.25) is 9.59 Å². The number of carbonyl (C=O) groups excluding carboxylic acids is 2. The quantitative estimate of drug-likeness (QED) is 0.653. The molecule has 0 aromatic carbocycles. The summed E-state index contributed by atoms with van der Waals surface area (Å²) < 4.78 is 0. The SMILES string of the molecule is CC1=CC=CC(C)(C(N)=O)C1C(N)=O. The molecule has 0 aromatic rings. The van der Waals surface area contributed by atoms with Gasteiger partial charge in [0.1, 0.15) is 0 Å². The number of amides is 2. The van der Waals surface area contributed by atoms with Gasteiger partial charge in [-0.15, -0.1) is 0 Å². The van der Waals surface area contributed by atoms with Crippen molar-refractivity contribution in [2.75, 3.05) is 0 Å². The van der Waals surface area contributed by atoms with Crippen molar-refractivity contribution in [1.29, 1.82) is 0 Å². The van der Waals surface area contributed by atoms with Crippen LogP contribution in [0.5, 0.6) is 0 Å². The molecule has 0 heterocycles. The fourth-order valence-corrected chi connectivity index (χ4v) is 1.81. The number of hydrogen-bond acceptors (Lipinski definition) is 2. The summed E-state index contributed by atoms with van der Waals surface area (Å²) in [7, 11) is 0. The summed E-state index contributed by atoms with van der Waals surface area (Å²) in [5.74, 6) is -1.69. The van der Waals surface area contributed by atoms with Crippen molar-refractivity contribution >= 4 is 11.8 Å². The molecular formula is C10H14N2O2. The van der Waals surface area contributed by atoms with Gasteiger partial charge in [0.15, 0.2) is 0 Å². The number of nitrogens with two attached hydrogens (primary N) is 2. The molecule has 4 heteroatoms. The molecule has 4 nitrogen and oxygen atoms in total. The summed E-state index contributed by atoms with van der Waals surface area (Å²) in [4.78, 5) is 22.5. The molecule has 1 aliphatic carbocycles. The molecule has 0 aromatic heterocycles. The van der Waals surface area contributed by atoms with Crippen LogP contribution in [-0.2, 0) is 9.59 Å². The minimum Gasteiger partial charge on any atom is -0.369 e. The lowest BCUT2D eigenvalue weighted by molar-refractivity contribution is -0.133. The maximum atomic E-state index is 11.3. The Balaban J connectivity index is 3.20. The molecule has 0 saturated carbocycles. The van der Waals surface area contributed by atoms with Crippen LogP contribution in [0.4, 0.5) is 0 Å². The van der Waals surface area contributed by atoms with E-state index in [1.54, 1.807) is 32.1 Å². The molecule has 0 fully saturated rings. The molecule has 0 bridgehead atoms. The molecule has 2 unspecified atom stereocenters. The highest BCUT2D eigenvalue weighted by atomic mass is 16.2. The lowest BCUT2D eigenvalue weighted by Crippen LogP contribution is -2.46. The van der Waals surface area contributed by atoms with Crippen LogP contribution < -0.4 is 11.5 Å². The van der Waals surface area contributed by atoms with E-state index in [1.807, 2.05) is 0 Å². The zero-order chi connectivity index (χ0) is 10.9. The van der Waals surface area contributed by atoms with Gasteiger partial charge in [-0.1, -0.05) is 23.8 Å². The van der Waals surface area contributed by atoms with Crippen molar-refractivity contribution in [2.45, 2.75) is 13.8 Å². The van der Waals surface area contributed by atoms with Crippen molar-refractivity contribution < 1.29 is 9.59 Å². The third kappa shape index (κ3) is 1.43. The molecule has 2 amide bonds. The van der Waals surface area contributed by atoms with Crippen molar-refractivity contribution in [1.82, 2.24) is 0 Å². The van der Waals surface area contributed by atoms with Crippen molar-refractivity contribution in [2.24, 2.45) is 22.8 Å². The Labute approximate surface area is 82.6 Å². The minimum atomic E-state index is -0.995. The summed E-state index contributed by atoms with van der Waals surface area (Å²) in [5.41, 5.74) is 10.3. The van der Waals surface area contributed by atoms with Crippen molar-refractivity contribution in [3.05, 3.63) is 23.8 Å². The highest BCUT2D eigenvalue weighted by Gasteiger charge is 2.43. The van der Waals surface area contributed by atoms with E-state index >= 15 is 0 Å². The summed E-state index contributed by atoms with van der Waals surface area (Å²) in [6.07, 6.45) is 5.11. The number of rotatable bonds is 2. The first-order valence-electron chi connectivity index (χ1n) is 4.35. The fraction of sp³-hybridized carbons (Fsp3) is 0.400. The van der Waals surface area contributed by atoms with Crippen molar-refractivity contribution in [3.63, 3.8) is 0 Å². The average molecular weight is 194 g/mol. The van der Waals surface area contributed by atoms with E-state index in [1.165, 1.54) is 0 Å². The van der Waals surface area contributed by atoms with Crippen molar-refractivity contribution in [3.8, 4) is 0 Å². The number of primary amides is 2. The zero-order valence-electron chi connectivity index (χ0n) is 8.28. The summed E-state index contributed by atoms with van der Waals surface area (Å²) >= 11 is 0. The molecule has 2 atom stereocenters. The van der Waals surface area contributed by atoms with Crippen LogP contribution in [0.2, 0.25) is 0 Å². The predicted molar refractivity (Wildman–Crippen MR) is 52.9 cm³/mol. The molecule has 0 radical (unpaired) electrons. The van der Waals surface area contributed by atoms with Crippen LogP contribution in [0.25, 0.3) is 0 Å². The van der Waals surface area contributed by atoms with Gasteiger partial charge >= 0.3 is 0 Å².